The number of sulfonamides is 1. The fourth-order valence-electron chi connectivity index (χ4n) is 3.68. The van der Waals surface area contributed by atoms with Crippen LogP contribution >= 0.6 is 11.8 Å². The number of amides is 1. The fourth-order valence-corrected chi connectivity index (χ4v) is 5.41. The maximum Gasteiger partial charge on any atom is 0.255 e. The summed E-state index contributed by atoms with van der Waals surface area (Å²) in [7, 11) is -3.71. The van der Waals surface area contributed by atoms with E-state index in [0.29, 0.717) is 12.1 Å². The first-order chi connectivity index (χ1) is 14.4. The van der Waals surface area contributed by atoms with Crippen molar-refractivity contribution in [2.24, 2.45) is 0 Å². The first kappa shape index (κ1) is 22.8. The number of thioether (sulfide) groups is 1. The third kappa shape index (κ3) is 5.65. The van der Waals surface area contributed by atoms with E-state index in [4.69, 9.17) is 0 Å². The van der Waals surface area contributed by atoms with E-state index in [9.17, 15) is 13.2 Å². The summed E-state index contributed by atoms with van der Waals surface area (Å²) >= 11 is 1.47. The van der Waals surface area contributed by atoms with Crippen LogP contribution in [0.25, 0.3) is 0 Å². The van der Waals surface area contributed by atoms with Gasteiger partial charge >= 0.3 is 0 Å². The zero-order valence-corrected chi connectivity index (χ0v) is 19.3. The van der Waals surface area contributed by atoms with E-state index < -0.39 is 10.0 Å². The lowest BCUT2D eigenvalue weighted by Crippen LogP contribution is -2.32. The second-order valence-electron chi connectivity index (χ2n) is 7.73. The number of likely N-dealkylation sites (tertiary alicyclic amines) is 1. The largest absolute Gasteiger partial charge is 0.339 e. The molecular formula is C23H30N2O3S2. The molecule has 0 saturated carbocycles. The minimum Gasteiger partial charge on any atom is -0.339 e. The van der Waals surface area contributed by atoms with Crippen LogP contribution in [0.3, 0.4) is 0 Å². The molecule has 1 aliphatic rings. The zero-order chi connectivity index (χ0) is 21.6. The second kappa shape index (κ2) is 10.5. The van der Waals surface area contributed by atoms with Gasteiger partial charge in [-0.1, -0.05) is 50.1 Å². The van der Waals surface area contributed by atoms with Gasteiger partial charge in [0.05, 0.1) is 10.5 Å². The highest BCUT2D eigenvalue weighted by atomic mass is 32.2. The molecule has 3 rings (SSSR count). The van der Waals surface area contributed by atoms with Crippen molar-refractivity contribution in [3.8, 4) is 0 Å². The molecule has 0 spiro atoms. The van der Waals surface area contributed by atoms with Gasteiger partial charge in [-0.15, -0.1) is 11.8 Å². The molecule has 0 aromatic heterocycles. The molecule has 1 amide bonds. The monoisotopic (exact) mass is 446 g/mol. The van der Waals surface area contributed by atoms with Crippen molar-refractivity contribution in [2.75, 3.05) is 25.9 Å². The van der Waals surface area contributed by atoms with Crippen LogP contribution in [-0.2, 0) is 10.0 Å². The van der Waals surface area contributed by atoms with Crippen LogP contribution in [0.4, 0.5) is 0 Å². The van der Waals surface area contributed by atoms with Crippen LogP contribution in [0.1, 0.15) is 54.4 Å². The molecule has 2 aromatic carbocycles. The summed E-state index contributed by atoms with van der Waals surface area (Å²) in [6.45, 7) is 3.75. The SMILES string of the molecule is CSc1ccc(S(=O)(=O)NC[C@@H](C)c2ccccc2)cc1C(=O)N1CCCCCC1. The van der Waals surface area contributed by atoms with Gasteiger partial charge in [-0.2, -0.15) is 0 Å². The van der Waals surface area contributed by atoms with Gasteiger partial charge in [0.15, 0.2) is 0 Å². The zero-order valence-electron chi connectivity index (χ0n) is 17.6. The van der Waals surface area contributed by atoms with E-state index in [-0.39, 0.29) is 16.7 Å². The number of carbonyl (C=O) groups is 1. The molecule has 0 radical (unpaired) electrons. The van der Waals surface area contributed by atoms with Gasteiger partial charge in [0.25, 0.3) is 5.91 Å². The molecule has 162 valence electrons. The summed E-state index contributed by atoms with van der Waals surface area (Å²) in [5.41, 5.74) is 1.55. The first-order valence-electron chi connectivity index (χ1n) is 10.4. The van der Waals surface area contributed by atoms with Gasteiger partial charge in [0, 0.05) is 24.5 Å². The van der Waals surface area contributed by atoms with E-state index in [1.54, 1.807) is 12.1 Å². The molecule has 5 nitrogen and oxygen atoms in total. The van der Waals surface area contributed by atoms with Crippen LogP contribution in [0.15, 0.2) is 58.3 Å². The third-order valence-corrected chi connectivity index (χ3v) is 7.77. The number of nitrogens with one attached hydrogen (secondary N) is 1. The average Bonchev–Trinajstić information content (AvgIpc) is 3.06. The predicted octanol–water partition coefficient (Wildman–Crippen LogP) is 4.51. The highest BCUT2D eigenvalue weighted by Crippen LogP contribution is 2.26. The van der Waals surface area contributed by atoms with Crippen molar-refractivity contribution in [1.29, 1.82) is 0 Å². The number of hydrogen-bond acceptors (Lipinski definition) is 4. The highest BCUT2D eigenvalue weighted by Gasteiger charge is 2.23. The van der Waals surface area contributed by atoms with Gasteiger partial charge in [-0.3, -0.25) is 4.79 Å². The van der Waals surface area contributed by atoms with Crippen LogP contribution < -0.4 is 4.72 Å². The predicted molar refractivity (Wildman–Crippen MR) is 123 cm³/mol. The molecule has 0 aliphatic carbocycles. The molecule has 1 N–H and O–H groups in total. The van der Waals surface area contributed by atoms with Crippen molar-refractivity contribution in [3.63, 3.8) is 0 Å². The molecule has 1 atom stereocenters. The number of nitrogens with zero attached hydrogens (tertiary/aromatic N) is 1. The van der Waals surface area contributed by atoms with E-state index in [0.717, 1.165) is 49.2 Å². The standard InChI is InChI=1S/C23H30N2O3S2/c1-18(19-10-6-5-7-11-19)17-24-30(27,28)20-12-13-22(29-2)21(16-20)23(26)25-14-8-3-4-9-15-25/h5-7,10-13,16,18,24H,3-4,8-9,14-15,17H2,1-2H3/t18-/m1/s1. The minimum absolute atomic E-state index is 0.0460. The van der Waals surface area contributed by atoms with Crippen molar-refractivity contribution < 1.29 is 13.2 Å². The lowest BCUT2D eigenvalue weighted by Gasteiger charge is -2.22. The van der Waals surface area contributed by atoms with E-state index in [2.05, 4.69) is 4.72 Å². The summed E-state index contributed by atoms with van der Waals surface area (Å²) < 4.78 is 28.6. The number of carbonyl (C=O) groups excluding carboxylic acids is 1. The van der Waals surface area contributed by atoms with Crippen molar-refractivity contribution in [2.45, 2.75) is 48.3 Å². The Morgan fingerprint density at radius 3 is 2.37 bits per heavy atom. The molecule has 1 heterocycles. The lowest BCUT2D eigenvalue weighted by atomic mass is 10.0. The van der Waals surface area contributed by atoms with Crippen LogP contribution in [0, 0.1) is 0 Å². The third-order valence-electron chi connectivity index (χ3n) is 5.55. The highest BCUT2D eigenvalue weighted by molar-refractivity contribution is 7.98. The number of benzene rings is 2. The summed E-state index contributed by atoms with van der Waals surface area (Å²) in [6, 6.07) is 14.7. The lowest BCUT2D eigenvalue weighted by molar-refractivity contribution is 0.0758. The Kier molecular flexibility index (Phi) is 7.97. The quantitative estimate of drug-likeness (QED) is 0.636. The maximum atomic E-state index is 13.2. The Morgan fingerprint density at radius 1 is 1.07 bits per heavy atom. The average molecular weight is 447 g/mol. The number of rotatable bonds is 7. The Balaban J connectivity index is 1.79. The first-order valence-corrected chi connectivity index (χ1v) is 13.1. The van der Waals surface area contributed by atoms with Crippen LogP contribution in [0.2, 0.25) is 0 Å². The van der Waals surface area contributed by atoms with Crippen LogP contribution in [-0.4, -0.2) is 45.1 Å². The van der Waals surface area contributed by atoms with E-state index in [1.165, 1.54) is 17.8 Å². The van der Waals surface area contributed by atoms with E-state index in [1.807, 2.05) is 48.4 Å². The minimum atomic E-state index is -3.71. The fraction of sp³-hybridized carbons (Fsp3) is 0.435. The molecule has 30 heavy (non-hydrogen) atoms. The Morgan fingerprint density at radius 2 is 1.73 bits per heavy atom. The van der Waals surface area contributed by atoms with Crippen LogP contribution in [0.5, 0.6) is 0 Å². The van der Waals surface area contributed by atoms with Gasteiger partial charge in [-0.05, 0) is 48.8 Å². The summed E-state index contributed by atoms with van der Waals surface area (Å²) in [5, 5.41) is 0. The van der Waals surface area contributed by atoms with Crippen molar-refractivity contribution in [3.05, 3.63) is 59.7 Å². The van der Waals surface area contributed by atoms with E-state index >= 15 is 0 Å². The Hall–Kier alpha value is -1.83. The normalized spacial score (nSPS) is 16.1. The number of hydrogen-bond donors (Lipinski definition) is 1. The van der Waals surface area contributed by atoms with Gasteiger partial charge in [0.1, 0.15) is 0 Å². The molecule has 0 bridgehead atoms. The summed E-state index contributed by atoms with van der Waals surface area (Å²) in [4.78, 5) is 16.0. The smallest absolute Gasteiger partial charge is 0.255 e. The Labute approximate surface area is 184 Å². The van der Waals surface area contributed by atoms with Crippen molar-refractivity contribution >= 4 is 27.7 Å². The molecule has 1 fully saturated rings. The molecule has 1 aliphatic heterocycles. The van der Waals surface area contributed by atoms with Gasteiger partial charge in [-0.25, -0.2) is 13.1 Å². The molecular weight excluding hydrogens is 416 g/mol. The maximum absolute atomic E-state index is 13.2. The topological polar surface area (TPSA) is 66.5 Å². The molecule has 0 unspecified atom stereocenters. The van der Waals surface area contributed by atoms with Gasteiger partial charge < -0.3 is 4.90 Å². The molecule has 2 aromatic rings. The Bertz CT molecular complexity index is 954. The summed E-state index contributed by atoms with van der Waals surface area (Å²) in [5.74, 6) is -0.0272. The second-order valence-corrected chi connectivity index (χ2v) is 10.3. The molecule has 1 saturated heterocycles. The van der Waals surface area contributed by atoms with Crippen molar-refractivity contribution in [1.82, 2.24) is 9.62 Å². The summed E-state index contributed by atoms with van der Waals surface area (Å²) in [6.07, 6.45) is 6.17. The van der Waals surface area contributed by atoms with Gasteiger partial charge in [0.2, 0.25) is 10.0 Å². The molecule has 7 heteroatoms.